The van der Waals surface area contributed by atoms with E-state index in [2.05, 4.69) is 19.8 Å². The maximum atomic E-state index is 15.0. The average Bonchev–Trinajstić information content (AvgIpc) is 3.29. The lowest BCUT2D eigenvalue weighted by molar-refractivity contribution is -0.0396. The molecule has 1 spiro atoms. The van der Waals surface area contributed by atoms with E-state index in [0.29, 0.717) is 24.2 Å². The van der Waals surface area contributed by atoms with E-state index in [1.54, 1.807) is 0 Å². The Hall–Kier alpha value is -1.84. The maximum absolute atomic E-state index is 15.0. The summed E-state index contributed by atoms with van der Waals surface area (Å²) in [6, 6.07) is 0.0791. The first-order valence-corrected chi connectivity index (χ1v) is 12.2. The van der Waals surface area contributed by atoms with Gasteiger partial charge in [-0.2, -0.15) is 9.97 Å². The van der Waals surface area contributed by atoms with Gasteiger partial charge in [0.25, 0.3) is 0 Å². The van der Waals surface area contributed by atoms with E-state index in [0.717, 1.165) is 58.2 Å². The lowest BCUT2D eigenvalue weighted by Crippen LogP contribution is -2.52. The summed E-state index contributed by atoms with van der Waals surface area (Å²) in [6.07, 6.45) is 6.31. The fourth-order valence-electron chi connectivity index (χ4n) is 6.61. The van der Waals surface area contributed by atoms with Crippen LogP contribution in [0.15, 0.2) is 6.20 Å². The first-order valence-electron chi connectivity index (χ1n) is 11.8. The van der Waals surface area contributed by atoms with Crippen LogP contribution >= 0.6 is 11.6 Å². The van der Waals surface area contributed by atoms with Crippen LogP contribution in [0.2, 0.25) is 5.15 Å². The molecule has 5 heterocycles. The summed E-state index contributed by atoms with van der Waals surface area (Å²) in [6.45, 7) is 3.08. The highest BCUT2D eigenvalue weighted by molar-refractivity contribution is 6.30. The number of fused-ring (bicyclic) bond motifs is 2. The number of rotatable bonds is 4. The Balaban J connectivity index is 1.34. The molecular formula is C23H28ClF2N5O2. The Kier molecular flexibility index (Phi) is 5.16. The third kappa shape index (κ3) is 3.63. The van der Waals surface area contributed by atoms with Crippen LogP contribution in [-0.2, 0) is 0 Å². The van der Waals surface area contributed by atoms with Gasteiger partial charge >= 0.3 is 6.01 Å². The van der Waals surface area contributed by atoms with Crippen LogP contribution in [0.5, 0.6) is 6.01 Å². The lowest BCUT2D eigenvalue weighted by atomic mass is 9.62. The number of nitrogens with zero attached hydrogens (tertiary/aromatic N) is 5. The highest BCUT2D eigenvalue weighted by Gasteiger charge is 2.50. The van der Waals surface area contributed by atoms with Crippen molar-refractivity contribution in [3.8, 4) is 6.01 Å². The average molecular weight is 480 g/mol. The van der Waals surface area contributed by atoms with E-state index >= 15 is 0 Å². The first kappa shape index (κ1) is 21.7. The smallest absolute Gasteiger partial charge is 0.319 e. The van der Waals surface area contributed by atoms with Crippen LogP contribution in [0, 0.1) is 11.2 Å². The third-order valence-corrected chi connectivity index (χ3v) is 8.39. The zero-order valence-corrected chi connectivity index (χ0v) is 19.2. The van der Waals surface area contributed by atoms with E-state index in [1.807, 2.05) is 0 Å². The van der Waals surface area contributed by atoms with E-state index in [4.69, 9.17) is 21.3 Å². The number of hydrogen-bond donors (Lipinski definition) is 1. The molecule has 33 heavy (non-hydrogen) atoms. The number of aliphatic hydroxyl groups is 1. The van der Waals surface area contributed by atoms with Crippen molar-refractivity contribution < 1.29 is 18.6 Å². The van der Waals surface area contributed by atoms with Crippen molar-refractivity contribution in [2.45, 2.75) is 62.8 Å². The summed E-state index contributed by atoms with van der Waals surface area (Å²) in [5, 5.41) is 10.2. The largest absolute Gasteiger partial charge is 0.461 e. The first-order chi connectivity index (χ1) is 15.9. The van der Waals surface area contributed by atoms with Gasteiger partial charge in [-0.25, -0.2) is 13.8 Å². The van der Waals surface area contributed by atoms with Gasteiger partial charge in [-0.3, -0.25) is 4.90 Å². The fourth-order valence-corrected chi connectivity index (χ4v) is 6.75. The number of anilines is 1. The molecule has 4 aliphatic rings. The minimum atomic E-state index is -0.855. The van der Waals surface area contributed by atoms with Gasteiger partial charge in [0.2, 0.25) is 0 Å². The lowest BCUT2D eigenvalue weighted by Gasteiger charge is -2.51. The Morgan fingerprint density at radius 1 is 1.18 bits per heavy atom. The second-order valence-corrected chi connectivity index (χ2v) is 10.8. The standard InChI is InChI=1S/C23H28ClF2N5O2/c24-19-17(26)18-16(10-27-19)20(30-5-1-3-22(12-30)8-15(32)9-22)29-21(28-18)33-13-23-4-2-6-31(23)11-14(25)7-23/h10,14-15,32H,1-9,11-13H2/t14-,15?,22?,23-/m1/s1. The molecule has 3 saturated heterocycles. The number of ether oxygens (including phenoxy) is 1. The second kappa shape index (κ2) is 7.85. The fraction of sp³-hybridized carbons (Fsp3) is 0.696. The third-order valence-electron chi connectivity index (χ3n) is 8.13. The predicted octanol–water partition coefficient (Wildman–Crippen LogP) is 3.51. The zero-order valence-electron chi connectivity index (χ0n) is 18.4. The predicted molar refractivity (Wildman–Crippen MR) is 120 cm³/mol. The second-order valence-electron chi connectivity index (χ2n) is 10.4. The molecule has 178 valence electrons. The Morgan fingerprint density at radius 3 is 2.82 bits per heavy atom. The van der Waals surface area contributed by atoms with Crippen LogP contribution in [0.1, 0.15) is 44.9 Å². The number of pyridine rings is 1. The molecule has 10 heteroatoms. The molecule has 0 aromatic carbocycles. The maximum Gasteiger partial charge on any atom is 0.319 e. The van der Waals surface area contributed by atoms with E-state index in [9.17, 15) is 13.9 Å². The van der Waals surface area contributed by atoms with E-state index < -0.39 is 12.0 Å². The van der Waals surface area contributed by atoms with Crippen LogP contribution < -0.4 is 9.64 Å². The number of aliphatic hydroxyl groups excluding tert-OH is 1. The molecule has 1 N–H and O–H groups in total. The molecule has 1 saturated carbocycles. The highest BCUT2D eigenvalue weighted by atomic mass is 35.5. The van der Waals surface area contributed by atoms with Gasteiger partial charge in [0.1, 0.15) is 24.1 Å². The number of alkyl halides is 1. The molecule has 0 bridgehead atoms. The molecule has 7 nitrogen and oxygen atoms in total. The number of aromatic nitrogens is 3. The Bertz CT molecular complexity index is 1080. The molecule has 4 fully saturated rings. The summed E-state index contributed by atoms with van der Waals surface area (Å²) in [5.74, 6) is -0.118. The molecule has 0 amide bonds. The van der Waals surface area contributed by atoms with Gasteiger partial charge in [0, 0.05) is 32.3 Å². The van der Waals surface area contributed by atoms with E-state index in [-0.39, 0.29) is 40.3 Å². The van der Waals surface area contributed by atoms with Crippen LogP contribution in [0.25, 0.3) is 10.9 Å². The molecular weight excluding hydrogens is 452 g/mol. The zero-order chi connectivity index (χ0) is 22.8. The monoisotopic (exact) mass is 479 g/mol. The van der Waals surface area contributed by atoms with Gasteiger partial charge in [-0.15, -0.1) is 0 Å². The molecule has 2 aromatic rings. The minimum absolute atomic E-state index is 0.0671. The van der Waals surface area contributed by atoms with Crippen LogP contribution in [0.4, 0.5) is 14.6 Å². The van der Waals surface area contributed by atoms with Gasteiger partial charge < -0.3 is 14.7 Å². The van der Waals surface area contributed by atoms with Crippen molar-refractivity contribution in [1.82, 2.24) is 19.9 Å². The molecule has 3 aliphatic heterocycles. The van der Waals surface area contributed by atoms with Crippen molar-refractivity contribution in [2.75, 3.05) is 37.7 Å². The number of hydrogen-bond acceptors (Lipinski definition) is 7. The normalized spacial score (nSPS) is 34.1. The molecule has 2 aromatic heterocycles. The summed E-state index contributed by atoms with van der Waals surface area (Å²) in [4.78, 5) is 17.3. The Labute approximate surface area is 196 Å². The highest BCUT2D eigenvalue weighted by Crippen LogP contribution is 2.49. The summed E-state index contributed by atoms with van der Waals surface area (Å²) >= 11 is 5.96. The van der Waals surface area contributed by atoms with Crippen LogP contribution in [-0.4, -0.2) is 75.6 Å². The molecule has 2 atom stereocenters. The SMILES string of the molecule is OC1CC2(CCCN(c3nc(OC[C@]45CCCN4C[C@H](F)C5)nc4c(F)c(Cl)ncc34)C2)C1. The summed E-state index contributed by atoms with van der Waals surface area (Å²) in [5.41, 5.74) is -0.194. The number of halogens is 3. The molecule has 0 radical (unpaired) electrons. The summed E-state index contributed by atoms with van der Waals surface area (Å²) in [7, 11) is 0. The van der Waals surface area contributed by atoms with Crippen molar-refractivity contribution in [2.24, 2.45) is 5.41 Å². The topological polar surface area (TPSA) is 74.6 Å². The van der Waals surface area contributed by atoms with Gasteiger partial charge in [-0.1, -0.05) is 11.6 Å². The van der Waals surface area contributed by atoms with Crippen molar-refractivity contribution in [3.63, 3.8) is 0 Å². The van der Waals surface area contributed by atoms with Crippen LogP contribution in [0.3, 0.4) is 0 Å². The van der Waals surface area contributed by atoms with Crippen molar-refractivity contribution in [1.29, 1.82) is 0 Å². The minimum Gasteiger partial charge on any atom is -0.461 e. The Morgan fingerprint density at radius 2 is 2.00 bits per heavy atom. The number of piperidine rings is 1. The van der Waals surface area contributed by atoms with Gasteiger partial charge in [-0.05, 0) is 50.5 Å². The molecule has 1 aliphatic carbocycles. The van der Waals surface area contributed by atoms with Crippen molar-refractivity contribution >= 4 is 28.3 Å². The van der Waals surface area contributed by atoms with Gasteiger partial charge in [0.05, 0.1) is 17.0 Å². The molecule has 0 unspecified atom stereocenters. The quantitative estimate of drug-likeness (QED) is 0.672. The molecule has 6 rings (SSSR count). The van der Waals surface area contributed by atoms with Gasteiger partial charge in [0.15, 0.2) is 11.0 Å². The van der Waals surface area contributed by atoms with Crippen molar-refractivity contribution in [3.05, 3.63) is 17.2 Å². The summed E-state index contributed by atoms with van der Waals surface area (Å²) < 4.78 is 35.2. The van der Waals surface area contributed by atoms with E-state index in [1.165, 1.54) is 6.20 Å².